The minimum absolute atomic E-state index is 0.248. The summed E-state index contributed by atoms with van der Waals surface area (Å²) >= 11 is 0. The van der Waals surface area contributed by atoms with Crippen LogP contribution in [-0.2, 0) is 19.6 Å². The summed E-state index contributed by atoms with van der Waals surface area (Å²) < 4.78 is 29.1. The first kappa shape index (κ1) is 18.4. The molecule has 1 atom stereocenters. The lowest BCUT2D eigenvalue weighted by molar-refractivity contribution is -0.129. The monoisotopic (exact) mass is 358 g/mol. The molecule has 1 aliphatic rings. The Morgan fingerprint density at radius 1 is 1.38 bits per heavy atom. The van der Waals surface area contributed by atoms with Gasteiger partial charge in [0.05, 0.1) is 6.26 Å². The second kappa shape index (κ2) is 7.31. The van der Waals surface area contributed by atoms with Crippen LogP contribution in [0.2, 0.25) is 0 Å². The Bertz CT molecular complexity index is 707. The zero-order valence-corrected chi connectivity index (χ0v) is 14.7. The number of aryl methyl sites for hydroxylation is 1. The highest BCUT2D eigenvalue weighted by Crippen LogP contribution is 2.19. The van der Waals surface area contributed by atoms with E-state index in [9.17, 15) is 18.0 Å². The Hall–Kier alpha value is -1.94. The standard InChI is InChI=1S/C14H22N4O5S/c1-9-8-12(17-23-9)16-13(19)10(2)15-14(20)11-4-6-18(7-5-11)24(3,21)22/h8,10-11H,4-7H2,1-3H3,(H,15,20)(H,16,17,19)/t10-/m1/s1. The molecule has 2 amide bonds. The molecule has 1 aromatic heterocycles. The summed E-state index contributed by atoms with van der Waals surface area (Å²) in [6.45, 7) is 3.91. The second-order valence-electron chi connectivity index (χ2n) is 5.98. The normalized spacial score (nSPS) is 18.1. The van der Waals surface area contributed by atoms with Crippen LogP contribution in [-0.4, -0.2) is 55.1 Å². The summed E-state index contributed by atoms with van der Waals surface area (Å²) in [5, 5.41) is 8.86. The fraction of sp³-hybridized carbons (Fsp3) is 0.643. The van der Waals surface area contributed by atoms with Gasteiger partial charge in [0.25, 0.3) is 0 Å². The maximum atomic E-state index is 12.2. The first-order chi connectivity index (χ1) is 11.2. The molecular formula is C14H22N4O5S. The Balaban J connectivity index is 1.82. The Morgan fingerprint density at radius 3 is 2.50 bits per heavy atom. The fourth-order valence-electron chi connectivity index (χ4n) is 2.51. The maximum absolute atomic E-state index is 12.2. The molecule has 0 aliphatic carbocycles. The summed E-state index contributed by atoms with van der Waals surface area (Å²) in [5.74, 6) is -0.0837. The number of sulfonamides is 1. The number of aromatic nitrogens is 1. The van der Waals surface area contributed by atoms with Gasteiger partial charge in [-0.25, -0.2) is 12.7 Å². The molecule has 0 unspecified atom stereocenters. The van der Waals surface area contributed by atoms with Crippen molar-refractivity contribution in [3.05, 3.63) is 11.8 Å². The van der Waals surface area contributed by atoms with Gasteiger partial charge in [-0.1, -0.05) is 5.16 Å². The number of piperidine rings is 1. The zero-order valence-electron chi connectivity index (χ0n) is 13.9. The van der Waals surface area contributed by atoms with Crippen molar-refractivity contribution in [1.82, 2.24) is 14.8 Å². The first-order valence-electron chi connectivity index (χ1n) is 7.66. The number of hydrogen-bond donors (Lipinski definition) is 2. The number of amides is 2. The molecule has 10 heteroatoms. The topological polar surface area (TPSA) is 122 Å². The minimum atomic E-state index is -3.22. The highest BCUT2D eigenvalue weighted by atomic mass is 32.2. The molecule has 2 rings (SSSR count). The van der Waals surface area contributed by atoms with Gasteiger partial charge in [0, 0.05) is 25.1 Å². The van der Waals surface area contributed by atoms with E-state index in [4.69, 9.17) is 4.52 Å². The largest absolute Gasteiger partial charge is 0.360 e. The van der Waals surface area contributed by atoms with Gasteiger partial charge in [0.1, 0.15) is 11.8 Å². The minimum Gasteiger partial charge on any atom is -0.360 e. The number of nitrogens with zero attached hydrogens (tertiary/aromatic N) is 2. The quantitative estimate of drug-likeness (QED) is 0.770. The fourth-order valence-corrected chi connectivity index (χ4v) is 3.38. The number of carbonyl (C=O) groups is 2. The number of hydrogen-bond acceptors (Lipinski definition) is 6. The van der Waals surface area contributed by atoms with Crippen molar-refractivity contribution >= 4 is 27.7 Å². The van der Waals surface area contributed by atoms with E-state index in [1.165, 1.54) is 4.31 Å². The molecule has 0 aromatic carbocycles. The van der Waals surface area contributed by atoms with Gasteiger partial charge in [0.2, 0.25) is 21.8 Å². The van der Waals surface area contributed by atoms with Gasteiger partial charge < -0.3 is 15.2 Å². The first-order valence-corrected chi connectivity index (χ1v) is 9.51. The zero-order chi connectivity index (χ0) is 17.9. The molecule has 1 aliphatic heterocycles. The molecule has 2 N–H and O–H groups in total. The van der Waals surface area contributed by atoms with Crippen molar-refractivity contribution in [3.63, 3.8) is 0 Å². The number of rotatable bonds is 5. The van der Waals surface area contributed by atoms with E-state index in [2.05, 4.69) is 15.8 Å². The van der Waals surface area contributed by atoms with E-state index in [1.807, 2.05) is 0 Å². The van der Waals surface area contributed by atoms with Crippen LogP contribution in [0.25, 0.3) is 0 Å². The number of carbonyl (C=O) groups excluding carboxylic acids is 2. The summed E-state index contributed by atoms with van der Waals surface area (Å²) in [4.78, 5) is 24.3. The molecule has 9 nitrogen and oxygen atoms in total. The Kier molecular flexibility index (Phi) is 5.60. The molecular weight excluding hydrogens is 336 g/mol. The highest BCUT2D eigenvalue weighted by molar-refractivity contribution is 7.88. The average Bonchev–Trinajstić information content (AvgIpc) is 2.91. The lowest BCUT2D eigenvalue weighted by Gasteiger charge is -2.30. The van der Waals surface area contributed by atoms with Crippen molar-refractivity contribution in [3.8, 4) is 0 Å². The van der Waals surface area contributed by atoms with Gasteiger partial charge in [-0.15, -0.1) is 0 Å². The third kappa shape index (κ3) is 4.78. The van der Waals surface area contributed by atoms with Gasteiger partial charge in [-0.2, -0.15) is 0 Å². The summed E-state index contributed by atoms with van der Waals surface area (Å²) in [5.41, 5.74) is 0. The molecule has 1 aromatic rings. The predicted molar refractivity (Wildman–Crippen MR) is 86.6 cm³/mol. The highest BCUT2D eigenvalue weighted by Gasteiger charge is 2.30. The third-order valence-corrected chi connectivity index (χ3v) is 5.23. The van der Waals surface area contributed by atoms with Crippen molar-refractivity contribution < 1.29 is 22.5 Å². The summed E-state index contributed by atoms with van der Waals surface area (Å²) in [6.07, 6.45) is 2.04. The van der Waals surface area contributed by atoms with Crippen LogP contribution < -0.4 is 10.6 Å². The molecule has 0 bridgehead atoms. The van der Waals surface area contributed by atoms with Gasteiger partial charge in [-0.05, 0) is 26.7 Å². The van der Waals surface area contributed by atoms with Crippen molar-refractivity contribution in [1.29, 1.82) is 0 Å². The lowest BCUT2D eigenvalue weighted by Crippen LogP contribution is -2.47. The average molecular weight is 358 g/mol. The van der Waals surface area contributed by atoms with Crippen LogP contribution in [0.4, 0.5) is 5.82 Å². The van der Waals surface area contributed by atoms with Gasteiger partial charge >= 0.3 is 0 Å². The van der Waals surface area contributed by atoms with Crippen LogP contribution >= 0.6 is 0 Å². The van der Waals surface area contributed by atoms with Crippen LogP contribution in [0.1, 0.15) is 25.5 Å². The smallest absolute Gasteiger partial charge is 0.247 e. The molecule has 0 spiro atoms. The molecule has 134 valence electrons. The van der Waals surface area contributed by atoms with E-state index in [-0.39, 0.29) is 11.8 Å². The molecule has 0 saturated carbocycles. The van der Waals surface area contributed by atoms with E-state index < -0.39 is 22.0 Å². The van der Waals surface area contributed by atoms with Crippen LogP contribution in [0.5, 0.6) is 0 Å². The van der Waals surface area contributed by atoms with Gasteiger partial charge in [0.15, 0.2) is 5.82 Å². The predicted octanol–water partition coefficient (Wildman–Crippen LogP) is 0.0978. The lowest BCUT2D eigenvalue weighted by atomic mass is 9.97. The molecule has 0 radical (unpaired) electrons. The number of nitrogens with one attached hydrogen (secondary N) is 2. The second-order valence-corrected chi connectivity index (χ2v) is 7.96. The Labute approximate surface area is 140 Å². The van der Waals surface area contributed by atoms with Gasteiger partial charge in [-0.3, -0.25) is 9.59 Å². The van der Waals surface area contributed by atoms with Crippen LogP contribution in [0.3, 0.4) is 0 Å². The SMILES string of the molecule is Cc1cc(NC(=O)[C@@H](C)NC(=O)C2CCN(S(C)(=O)=O)CC2)no1. The van der Waals surface area contributed by atoms with Crippen LogP contribution in [0.15, 0.2) is 10.6 Å². The van der Waals surface area contributed by atoms with Crippen molar-refractivity contribution in [2.45, 2.75) is 32.7 Å². The van der Waals surface area contributed by atoms with Crippen molar-refractivity contribution in [2.24, 2.45) is 5.92 Å². The summed E-state index contributed by atoms with van der Waals surface area (Å²) in [7, 11) is -3.22. The molecule has 1 fully saturated rings. The van der Waals surface area contributed by atoms with E-state index >= 15 is 0 Å². The molecule has 1 saturated heterocycles. The molecule has 2 heterocycles. The van der Waals surface area contributed by atoms with Crippen molar-refractivity contribution in [2.75, 3.05) is 24.7 Å². The van der Waals surface area contributed by atoms with E-state index in [0.717, 1.165) is 6.26 Å². The maximum Gasteiger partial charge on any atom is 0.247 e. The van der Waals surface area contributed by atoms with E-state index in [1.54, 1.807) is 19.9 Å². The third-order valence-electron chi connectivity index (χ3n) is 3.93. The Morgan fingerprint density at radius 2 is 2.00 bits per heavy atom. The summed E-state index contributed by atoms with van der Waals surface area (Å²) in [6, 6.07) is 0.843. The molecule has 24 heavy (non-hydrogen) atoms. The van der Waals surface area contributed by atoms with E-state index in [0.29, 0.717) is 37.5 Å². The van der Waals surface area contributed by atoms with Crippen LogP contribution in [0, 0.1) is 12.8 Å². The number of anilines is 1.